The molecule has 0 radical (unpaired) electrons. The Hall–Kier alpha value is -1.85. The van der Waals surface area contributed by atoms with E-state index in [-0.39, 0.29) is 0 Å². The van der Waals surface area contributed by atoms with Gasteiger partial charge < -0.3 is 0 Å². The summed E-state index contributed by atoms with van der Waals surface area (Å²) >= 11 is 0. The van der Waals surface area contributed by atoms with Gasteiger partial charge >= 0.3 is 6.18 Å². The Balaban J connectivity index is 2.58. The molecule has 1 heterocycles. The van der Waals surface area contributed by atoms with Crippen LogP contribution in [-0.2, 0) is 6.18 Å². The van der Waals surface area contributed by atoms with E-state index in [1.54, 1.807) is 31.2 Å². The van der Waals surface area contributed by atoms with Gasteiger partial charge in [0.05, 0.1) is 5.69 Å². The van der Waals surface area contributed by atoms with Gasteiger partial charge in [0.2, 0.25) is 5.82 Å². The Morgan fingerprint density at radius 2 is 1.88 bits per heavy atom. The first-order chi connectivity index (χ1) is 7.50. The van der Waals surface area contributed by atoms with E-state index in [4.69, 9.17) is 0 Å². The van der Waals surface area contributed by atoms with Crippen LogP contribution in [0.5, 0.6) is 0 Å². The number of halogens is 3. The van der Waals surface area contributed by atoms with Crippen molar-refractivity contribution in [3.05, 3.63) is 42.0 Å². The molecule has 16 heavy (non-hydrogen) atoms. The molecule has 0 aliphatic carbocycles. The van der Waals surface area contributed by atoms with E-state index in [0.717, 1.165) is 16.5 Å². The third-order valence-corrected chi connectivity index (χ3v) is 2.18. The number of rotatable bonds is 1. The van der Waals surface area contributed by atoms with Gasteiger partial charge in [-0.25, -0.2) is 0 Å². The van der Waals surface area contributed by atoms with Crippen molar-refractivity contribution in [3.63, 3.8) is 0 Å². The lowest BCUT2D eigenvalue weighted by Crippen LogP contribution is -2.14. The predicted molar refractivity (Wildman–Crippen MR) is 51.1 cm³/mol. The van der Waals surface area contributed by atoms with E-state index in [0.29, 0.717) is 5.69 Å². The number of aromatic nitrogens is 3. The van der Waals surface area contributed by atoms with E-state index in [2.05, 4.69) is 10.2 Å². The molecule has 0 amide bonds. The van der Waals surface area contributed by atoms with Crippen LogP contribution in [0.4, 0.5) is 13.2 Å². The largest absolute Gasteiger partial charge is 0.452 e. The summed E-state index contributed by atoms with van der Waals surface area (Å²) in [7, 11) is 0. The Bertz CT molecular complexity index is 502. The lowest BCUT2D eigenvalue weighted by atomic mass is 10.2. The van der Waals surface area contributed by atoms with Crippen molar-refractivity contribution in [2.75, 3.05) is 0 Å². The third kappa shape index (κ3) is 1.78. The summed E-state index contributed by atoms with van der Waals surface area (Å²) in [5.74, 6) is -1.01. The molecule has 6 heteroatoms. The molecular formula is C10H8F3N3. The van der Waals surface area contributed by atoms with Crippen molar-refractivity contribution in [1.29, 1.82) is 0 Å². The lowest BCUT2D eigenvalue weighted by Gasteiger charge is -2.10. The number of hydrogen-bond donors (Lipinski definition) is 0. The summed E-state index contributed by atoms with van der Waals surface area (Å²) in [6, 6.07) is 6.75. The minimum Gasteiger partial charge on any atom is -0.278 e. The molecule has 0 saturated carbocycles. The van der Waals surface area contributed by atoms with Gasteiger partial charge in [-0.2, -0.15) is 13.2 Å². The van der Waals surface area contributed by atoms with E-state index < -0.39 is 12.0 Å². The Morgan fingerprint density at radius 1 is 1.19 bits per heavy atom. The lowest BCUT2D eigenvalue weighted by molar-refractivity contribution is -0.146. The molecule has 0 bridgehead atoms. The highest BCUT2D eigenvalue weighted by Crippen LogP contribution is 2.29. The minimum absolute atomic E-state index is 0.430. The first-order valence-electron chi connectivity index (χ1n) is 4.53. The second kappa shape index (κ2) is 3.62. The zero-order valence-electron chi connectivity index (χ0n) is 8.36. The van der Waals surface area contributed by atoms with Crippen LogP contribution in [0.15, 0.2) is 30.6 Å². The first kappa shape index (κ1) is 10.7. The van der Waals surface area contributed by atoms with Crippen molar-refractivity contribution in [3.8, 4) is 5.69 Å². The Kier molecular flexibility index (Phi) is 2.41. The highest BCUT2D eigenvalue weighted by Gasteiger charge is 2.37. The second-order valence-corrected chi connectivity index (χ2v) is 3.31. The van der Waals surface area contributed by atoms with Crippen molar-refractivity contribution in [1.82, 2.24) is 14.8 Å². The summed E-state index contributed by atoms with van der Waals surface area (Å²) < 4.78 is 38.7. The molecule has 2 rings (SSSR count). The van der Waals surface area contributed by atoms with Crippen LogP contribution in [0.25, 0.3) is 5.69 Å². The number of benzene rings is 1. The fraction of sp³-hybridized carbons (Fsp3) is 0.200. The summed E-state index contributed by atoms with van der Waals surface area (Å²) in [4.78, 5) is 0. The molecule has 0 atom stereocenters. The quantitative estimate of drug-likeness (QED) is 0.749. The van der Waals surface area contributed by atoms with E-state index in [9.17, 15) is 13.2 Å². The highest BCUT2D eigenvalue weighted by atomic mass is 19.4. The van der Waals surface area contributed by atoms with Crippen molar-refractivity contribution >= 4 is 0 Å². The van der Waals surface area contributed by atoms with Crippen LogP contribution in [0.1, 0.15) is 11.4 Å². The fourth-order valence-electron chi connectivity index (χ4n) is 1.44. The van der Waals surface area contributed by atoms with E-state index in [1.807, 2.05) is 0 Å². The molecule has 0 saturated heterocycles. The molecule has 1 aromatic carbocycles. The Morgan fingerprint density at radius 3 is 2.50 bits per heavy atom. The molecule has 2 aromatic rings. The predicted octanol–water partition coefficient (Wildman–Crippen LogP) is 2.59. The number of hydrogen-bond acceptors (Lipinski definition) is 2. The SMILES string of the molecule is Cc1ccccc1-n1cnnc1C(F)(F)F. The zero-order chi connectivity index (χ0) is 11.8. The number of aryl methyl sites for hydroxylation is 1. The number of para-hydroxylation sites is 1. The van der Waals surface area contributed by atoms with E-state index in [1.165, 1.54) is 0 Å². The molecule has 1 aromatic heterocycles. The maximum Gasteiger partial charge on any atom is 0.452 e. The molecule has 0 unspecified atom stereocenters. The molecule has 0 spiro atoms. The van der Waals surface area contributed by atoms with Gasteiger partial charge in [-0.15, -0.1) is 10.2 Å². The summed E-state index contributed by atoms with van der Waals surface area (Å²) in [5.41, 5.74) is 1.16. The van der Waals surface area contributed by atoms with Gasteiger partial charge in [0.25, 0.3) is 0 Å². The average molecular weight is 227 g/mol. The van der Waals surface area contributed by atoms with Crippen LogP contribution >= 0.6 is 0 Å². The van der Waals surface area contributed by atoms with Crippen LogP contribution in [0.3, 0.4) is 0 Å². The smallest absolute Gasteiger partial charge is 0.278 e. The molecule has 3 nitrogen and oxygen atoms in total. The fourth-order valence-corrected chi connectivity index (χ4v) is 1.44. The highest BCUT2D eigenvalue weighted by molar-refractivity contribution is 5.40. The standard InChI is InChI=1S/C10H8F3N3/c1-7-4-2-3-5-8(7)16-6-14-15-9(16)10(11,12)13/h2-6H,1H3. The van der Waals surface area contributed by atoms with Gasteiger partial charge in [-0.3, -0.25) is 4.57 Å². The van der Waals surface area contributed by atoms with Crippen molar-refractivity contribution in [2.24, 2.45) is 0 Å². The summed E-state index contributed by atoms with van der Waals surface area (Å²) in [6.45, 7) is 1.73. The van der Waals surface area contributed by atoms with Crippen LogP contribution in [0.2, 0.25) is 0 Å². The van der Waals surface area contributed by atoms with Crippen molar-refractivity contribution in [2.45, 2.75) is 13.1 Å². The minimum atomic E-state index is -4.50. The molecule has 0 aliphatic rings. The van der Waals surface area contributed by atoms with Gasteiger partial charge in [-0.1, -0.05) is 18.2 Å². The average Bonchev–Trinajstić information content (AvgIpc) is 2.66. The molecule has 0 fully saturated rings. The molecule has 0 aliphatic heterocycles. The van der Waals surface area contributed by atoms with Crippen molar-refractivity contribution < 1.29 is 13.2 Å². The zero-order valence-corrected chi connectivity index (χ0v) is 8.36. The van der Waals surface area contributed by atoms with Gasteiger partial charge in [0.1, 0.15) is 6.33 Å². The molecule has 0 N–H and O–H groups in total. The van der Waals surface area contributed by atoms with Crippen LogP contribution < -0.4 is 0 Å². The first-order valence-corrected chi connectivity index (χ1v) is 4.53. The number of alkyl halides is 3. The summed E-state index contributed by atoms with van der Waals surface area (Å²) in [5, 5.41) is 6.39. The topological polar surface area (TPSA) is 30.7 Å². The maximum atomic E-state index is 12.6. The van der Waals surface area contributed by atoms with E-state index >= 15 is 0 Å². The second-order valence-electron chi connectivity index (χ2n) is 3.31. The monoisotopic (exact) mass is 227 g/mol. The number of nitrogens with zero attached hydrogens (tertiary/aromatic N) is 3. The van der Waals surface area contributed by atoms with Gasteiger partial charge in [0, 0.05) is 0 Å². The van der Waals surface area contributed by atoms with Crippen LogP contribution in [0, 0.1) is 6.92 Å². The van der Waals surface area contributed by atoms with Crippen LogP contribution in [-0.4, -0.2) is 14.8 Å². The molecular weight excluding hydrogens is 219 g/mol. The Labute approximate surface area is 89.5 Å². The molecule has 84 valence electrons. The van der Waals surface area contributed by atoms with Gasteiger partial charge in [0.15, 0.2) is 0 Å². The normalized spacial score (nSPS) is 11.8. The third-order valence-electron chi connectivity index (χ3n) is 2.18. The maximum absolute atomic E-state index is 12.6. The summed E-state index contributed by atoms with van der Waals surface area (Å²) in [6.07, 6.45) is -3.44. The van der Waals surface area contributed by atoms with Gasteiger partial charge in [-0.05, 0) is 18.6 Å².